The molecule has 53 heavy (non-hydrogen) atoms. The summed E-state index contributed by atoms with van der Waals surface area (Å²) in [5.74, 6) is -0.333. The minimum absolute atomic E-state index is 0.0846. The molecule has 0 spiro atoms. The van der Waals surface area contributed by atoms with Crippen molar-refractivity contribution in [2.24, 2.45) is 0 Å². The monoisotopic (exact) mass is 771 g/mol. The summed E-state index contributed by atoms with van der Waals surface area (Å²) in [6.45, 7) is 5.58. The molecular formula is C44H85NO7P+. The van der Waals surface area contributed by atoms with Crippen molar-refractivity contribution in [1.29, 1.82) is 0 Å². The number of allylic oxidation sites excluding steroid dienone is 6. The van der Waals surface area contributed by atoms with Gasteiger partial charge in [0.15, 0.2) is 0 Å². The number of phosphoric acid groups is 1. The van der Waals surface area contributed by atoms with E-state index in [1.807, 2.05) is 21.1 Å². The molecule has 0 saturated heterocycles. The fraction of sp³-hybridized carbons (Fsp3) is 0.841. The molecular weight excluding hydrogens is 685 g/mol. The van der Waals surface area contributed by atoms with Crippen molar-refractivity contribution in [3.8, 4) is 0 Å². The van der Waals surface area contributed by atoms with Crippen LogP contribution in [0.5, 0.6) is 0 Å². The molecule has 1 N–H and O–H groups in total. The van der Waals surface area contributed by atoms with E-state index in [1.165, 1.54) is 103 Å². The minimum Gasteiger partial charge on any atom is -0.457 e. The zero-order valence-electron chi connectivity index (χ0n) is 35.3. The van der Waals surface area contributed by atoms with Gasteiger partial charge in [-0.15, -0.1) is 0 Å². The molecule has 0 radical (unpaired) electrons. The van der Waals surface area contributed by atoms with Gasteiger partial charge in [0.05, 0.1) is 34.4 Å². The third kappa shape index (κ3) is 41.7. The van der Waals surface area contributed by atoms with E-state index in [0.29, 0.717) is 24.1 Å². The van der Waals surface area contributed by atoms with E-state index in [9.17, 15) is 14.3 Å². The summed E-state index contributed by atoms with van der Waals surface area (Å²) in [5.41, 5.74) is 0. The van der Waals surface area contributed by atoms with Gasteiger partial charge >= 0.3 is 13.8 Å². The number of esters is 1. The number of ether oxygens (including phenoxy) is 2. The molecule has 9 heteroatoms. The molecule has 0 heterocycles. The molecule has 0 aliphatic heterocycles. The molecule has 0 fully saturated rings. The summed E-state index contributed by atoms with van der Waals surface area (Å²) in [5, 5.41) is 0. The van der Waals surface area contributed by atoms with Crippen molar-refractivity contribution >= 4 is 13.8 Å². The zero-order valence-corrected chi connectivity index (χ0v) is 36.1. The van der Waals surface area contributed by atoms with Crippen LogP contribution in [0.15, 0.2) is 36.5 Å². The fourth-order valence-corrected chi connectivity index (χ4v) is 6.54. The maximum atomic E-state index is 12.7. The Morgan fingerprint density at radius 2 is 1.04 bits per heavy atom. The summed E-state index contributed by atoms with van der Waals surface area (Å²) in [4.78, 5) is 22.9. The largest absolute Gasteiger partial charge is 0.472 e. The number of carbonyl (C=O) groups is 1. The summed E-state index contributed by atoms with van der Waals surface area (Å²) in [6, 6.07) is 0. The second kappa shape index (κ2) is 37.6. The van der Waals surface area contributed by atoms with Crippen LogP contribution in [0.4, 0.5) is 0 Å². The maximum Gasteiger partial charge on any atom is 0.472 e. The van der Waals surface area contributed by atoms with E-state index < -0.39 is 13.9 Å². The topological polar surface area (TPSA) is 91.3 Å². The number of hydrogen-bond donors (Lipinski definition) is 1. The molecule has 0 rings (SSSR count). The fourth-order valence-electron chi connectivity index (χ4n) is 5.79. The first-order chi connectivity index (χ1) is 25.6. The molecule has 0 aromatic rings. The van der Waals surface area contributed by atoms with Crippen molar-refractivity contribution in [3.63, 3.8) is 0 Å². The van der Waals surface area contributed by atoms with Crippen LogP contribution in [-0.2, 0) is 27.9 Å². The van der Waals surface area contributed by atoms with E-state index in [2.05, 4.69) is 50.3 Å². The number of nitrogens with zero attached hydrogens (tertiary/aromatic N) is 1. The molecule has 8 nitrogen and oxygen atoms in total. The van der Waals surface area contributed by atoms with E-state index in [-0.39, 0.29) is 25.8 Å². The lowest BCUT2D eigenvalue weighted by Gasteiger charge is -2.24. The third-order valence-electron chi connectivity index (χ3n) is 9.20. The lowest BCUT2D eigenvalue weighted by Crippen LogP contribution is -2.37. The van der Waals surface area contributed by atoms with Crippen molar-refractivity contribution in [3.05, 3.63) is 36.5 Å². The van der Waals surface area contributed by atoms with Crippen molar-refractivity contribution < 1.29 is 37.3 Å². The first-order valence-corrected chi connectivity index (χ1v) is 23.2. The molecule has 2 atom stereocenters. The van der Waals surface area contributed by atoms with Crippen LogP contribution in [0.1, 0.15) is 181 Å². The highest BCUT2D eigenvalue weighted by atomic mass is 31.2. The minimum atomic E-state index is -4.28. The molecule has 312 valence electrons. The SMILES string of the molecule is CCCCCC=CCC=CC/C=C\CCCCCCC(=O)O[C@H](COCCCCCCCCCCCCCCCC)COP(=O)(O)OCC[N+](C)(C)C. The summed E-state index contributed by atoms with van der Waals surface area (Å²) < 4.78 is 35.0. The van der Waals surface area contributed by atoms with E-state index in [0.717, 1.165) is 57.8 Å². The van der Waals surface area contributed by atoms with Crippen LogP contribution in [-0.4, -0.2) is 75.6 Å². The Morgan fingerprint density at radius 3 is 1.58 bits per heavy atom. The second-order valence-electron chi connectivity index (χ2n) is 15.7. The van der Waals surface area contributed by atoms with Crippen LogP contribution < -0.4 is 0 Å². The number of hydrogen-bond acceptors (Lipinski definition) is 6. The normalized spacial score (nSPS) is 14.2. The van der Waals surface area contributed by atoms with E-state index in [4.69, 9.17) is 18.5 Å². The van der Waals surface area contributed by atoms with Gasteiger partial charge in [-0.2, -0.15) is 0 Å². The lowest BCUT2D eigenvalue weighted by atomic mass is 10.0. The summed E-state index contributed by atoms with van der Waals surface area (Å²) in [6.07, 6.45) is 43.1. The van der Waals surface area contributed by atoms with Crippen LogP contribution in [0.2, 0.25) is 0 Å². The van der Waals surface area contributed by atoms with Gasteiger partial charge in [-0.3, -0.25) is 13.8 Å². The molecule has 0 aromatic carbocycles. The number of likely N-dealkylation sites (N-methyl/N-ethyl adjacent to an activating group) is 1. The number of quaternary nitrogens is 1. The molecule has 0 amide bonds. The quantitative estimate of drug-likeness (QED) is 0.0218. The van der Waals surface area contributed by atoms with Gasteiger partial charge in [-0.25, -0.2) is 4.57 Å². The van der Waals surface area contributed by atoms with Gasteiger partial charge in [0, 0.05) is 13.0 Å². The summed E-state index contributed by atoms with van der Waals surface area (Å²) in [7, 11) is 1.65. The number of phosphoric ester groups is 1. The molecule has 0 bridgehead atoms. The van der Waals surface area contributed by atoms with Gasteiger partial charge in [-0.1, -0.05) is 159 Å². The zero-order chi connectivity index (χ0) is 39.1. The van der Waals surface area contributed by atoms with Gasteiger partial charge < -0.3 is 18.9 Å². The van der Waals surface area contributed by atoms with Crippen molar-refractivity contribution in [2.75, 3.05) is 54.1 Å². The Hall–Kier alpha value is -1.28. The molecule has 0 aliphatic rings. The highest BCUT2D eigenvalue weighted by Crippen LogP contribution is 2.43. The predicted octanol–water partition coefficient (Wildman–Crippen LogP) is 12.6. The number of unbranched alkanes of at least 4 members (excludes halogenated alkanes) is 20. The Bertz CT molecular complexity index is 947. The van der Waals surface area contributed by atoms with Gasteiger partial charge in [-0.05, 0) is 51.4 Å². The maximum absolute atomic E-state index is 12.7. The van der Waals surface area contributed by atoms with Gasteiger partial charge in [0.1, 0.15) is 19.3 Å². The van der Waals surface area contributed by atoms with E-state index >= 15 is 0 Å². The van der Waals surface area contributed by atoms with Crippen molar-refractivity contribution in [1.82, 2.24) is 0 Å². The second-order valence-corrected chi connectivity index (χ2v) is 17.2. The summed E-state index contributed by atoms with van der Waals surface area (Å²) >= 11 is 0. The first-order valence-electron chi connectivity index (χ1n) is 21.7. The number of carbonyl (C=O) groups excluding carboxylic acids is 1. The Kier molecular flexibility index (Phi) is 36.7. The molecule has 0 saturated carbocycles. The Balaban J connectivity index is 4.29. The van der Waals surface area contributed by atoms with E-state index in [1.54, 1.807) is 0 Å². The average molecular weight is 771 g/mol. The third-order valence-corrected chi connectivity index (χ3v) is 10.2. The predicted molar refractivity (Wildman–Crippen MR) is 224 cm³/mol. The van der Waals surface area contributed by atoms with Crippen LogP contribution >= 0.6 is 7.82 Å². The van der Waals surface area contributed by atoms with Gasteiger partial charge in [0.2, 0.25) is 0 Å². The Morgan fingerprint density at radius 1 is 0.585 bits per heavy atom. The van der Waals surface area contributed by atoms with Gasteiger partial charge in [0.25, 0.3) is 0 Å². The average Bonchev–Trinajstić information content (AvgIpc) is 3.11. The first kappa shape index (κ1) is 51.7. The van der Waals surface area contributed by atoms with Crippen molar-refractivity contribution in [2.45, 2.75) is 187 Å². The highest BCUT2D eigenvalue weighted by molar-refractivity contribution is 7.47. The molecule has 1 unspecified atom stereocenters. The van der Waals surface area contributed by atoms with Crippen LogP contribution in [0.3, 0.4) is 0 Å². The lowest BCUT2D eigenvalue weighted by molar-refractivity contribution is -0.870. The molecule has 0 aromatic heterocycles. The Labute approximate surface area is 327 Å². The van der Waals surface area contributed by atoms with Crippen LogP contribution in [0.25, 0.3) is 0 Å². The standard InChI is InChI=1S/C44H84NO7P/c1-6-8-10-12-14-16-18-20-22-23-24-25-27-29-31-33-35-37-44(46)52-43(42-51-53(47,48)50-40-38-45(3,4)5)41-49-39-36-34-32-30-28-26-21-19-17-15-13-11-9-7-2/h14,16,20,22,24-25,43H,6-13,15,17-19,21,23,26-42H2,1-5H3/p+1/b16-14?,22-20?,25-24-/t43-/m1/s1. The molecule has 0 aliphatic carbocycles. The highest BCUT2D eigenvalue weighted by Gasteiger charge is 2.26. The smallest absolute Gasteiger partial charge is 0.457 e. The number of rotatable bonds is 40. The van der Waals surface area contributed by atoms with Crippen LogP contribution in [0, 0.1) is 0 Å².